The summed E-state index contributed by atoms with van der Waals surface area (Å²) in [6.45, 7) is 0. The number of aromatic nitrogens is 2. The Morgan fingerprint density at radius 2 is 2.39 bits per heavy atom. The molecular weight excluding hydrogens is 252 g/mol. The van der Waals surface area contributed by atoms with Gasteiger partial charge in [0, 0.05) is 11.8 Å². The van der Waals surface area contributed by atoms with Crippen molar-refractivity contribution < 1.29 is 14.6 Å². The molecule has 96 valence electrons. The number of benzene rings is 1. The summed E-state index contributed by atoms with van der Waals surface area (Å²) in [6.07, 6.45) is 0.179. The van der Waals surface area contributed by atoms with Gasteiger partial charge in [0.1, 0.15) is 11.6 Å². The van der Waals surface area contributed by atoms with E-state index in [4.69, 9.17) is 9.84 Å². The molecule has 2 aromatic rings. The van der Waals surface area contributed by atoms with E-state index in [2.05, 4.69) is 9.97 Å². The molecule has 0 amide bonds. The number of methoxy groups -OCH3 is 1. The Morgan fingerprint density at radius 3 is 3.11 bits per heavy atom. The van der Waals surface area contributed by atoms with Gasteiger partial charge in [-0.25, -0.2) is 4.98 Å². The fourth-order valence-electron chi connectivity index (χ4n) is 1.57. The molecule has 6 heteroatoms. The number of nitrogens with one attached hydrogen (secondary N) is 1. The lowest BCUT2D eigenvalue weighted by Crippen LogP contribution is -1.96. The summed E-state index contributed by atoms with van der Waals surface area (Å²) < 4.78 is 5.14. The first-order chi connectivity index (χ1) is 8.69. The number of ether oxygens (including phenoxy) is 1. The first-order valence-corrected chi connectivity index (χ1v) is 6.66. The van der Waals surface area contributed by atoms with E-state index in [1.54, 1.807) is 18.9 Å². The highest BCUT2D eigenvalue weighted by atomic mass is 32.2. The molecule has 0 aliphatic heterocycles. The van der Waals surface area contributed by atoms with E-state index in [0.29, 0.717) is 11.5 Å². The number of H-pyrrole nitrogens is 1. The standard InChI is InChI=1S/C12H14N2O3S/c1-17-8-2-3-9-10(6-8)14-11(13-9)7-18-5-4-12(15)16/h2-3,6H,4-5,7H2,1H3,(H,13,14)(H,15,16). The lowest BCUT2D eigenvalue weighted by Gasteiger charge is -1.96. The molecule has 0 aliphatic rings. The third kappa shape index (κ3) is 3.16. The summed E-state index contributed by atoms with van der Waals surface area (Å²) >= 11 is 1.55. The first-order valence-electron chi connectivity index (χ1n) is 5.51. The minimum atomic E-state index is -0.767. The minimum absolute atomic E-state index is 0.179. The van der Waals surface area contributed by atoms with Crippen LogP contribution in [0.15, 0.2) is 18.2 Å². The van der Waals surface area contributed by atoms with Crippen molar-refractivity contribution in [1.82, 2.24) is 9.97 Å². The van der Waals surface area contributed by atoms with E-state index in [-0.39, 0.29) is 6.42 Å². The molecule has 0 fully saturated rings. The van der Waals surface area contributed by atoms with Crippen molar-refractivity contribution in [3.05, 3.63) is 24.0 Å². The van der Waals surface area contributed by atoms with Crippen LogP contribution >= 0.6 is 11.8 Å². The summed E-state index contributed by atoms with van der Waals surface area (Å²) in [5.41, 5.74) is 1.83. The Kier molecular flexibility index (Phi) is 4.09. The molecule has 5 nitrogen and oxygen atoms in total. The summed E-state index contributed by atoms with van der Waals surface area (Å²) in [4.78, 5) is 18.0. The Hall–Kier alpha value is -1.69. The molecule has 1 heterocycles. The van der Waals surface area contributed by atoms with Gasteiger partial charge in [-0.1, -0.05) is 0 Å². The average Bonchev–Trinajstić information content (AvgIpc) is 2.75. The van der Waals surface area contributed by atoms with Gasteiger partial charge in [0.25, 0.3) is 0 Å². The lowest BCUT2D eigenvalue weighted by molar-refractivity contribution is -0.136. The maximum atomic E-state index is 10.4. The number of thioether (sulfide) groups is 1. The normalized spacial score (nSPS) is 10.7. The lowest BCUT2D eigenvalue weighted by atomic mass is 10.3. The number of carboxylic acids is 1. The van der Waals surface area contributed by atoms with Crippen LogP contribution < -0.4 is 4.74 Å². The highest BCUT2D eigenvalue weighted by molar-refractivity contribution is 7.98. The Morgan fingerprint density at radius 1 is 1.56 bits per heavy atom. The zero-order valence-corrected chi connectivity index (χ0v) is 10.8. The molecule has 18 heavy (non-hydrogen) atoms. The van der Waals surface area contributed by atoms with Gasteiger partial charge in [0.2, 0.25) is 0 Å². The third-order valence-corrected chi connectivity index (χ3v) is 3.41. The number of nitrogens with zero attached hydrogens (tertiary/aromatic N) is 1. The molecule has 0 atom stereocenters. The van der Waals surface area contributed by atoms with Gasteiger partial charge in [0.05, 0.1) is 30.3 Å². The fourth-order valence-corrected chi connectivity index (χ4v) is 2.36. The van der Waals surface area contributed by atoms with Crippen LogP contribution in [0.4, 0.5) is 0 Å². The zero-order valence-electron chi connectivity index (χ0n) is 9.97. The van der Waals surface area contributed by atoms with Crippen molar-refractivity contribution in [3.8, 4) is 5.75 Å². The Balaban J connectivity index is 1.99. The summed E-state index contributed by atoms with van der Waals surface area (Å²) in [6, 6.07) is 5.66. The molecular formula is C12H14N2O3S. The van der Waals surface area contributed by atoms with Gasteiger partial charge in [-0.15, -0.1) is 0 Å². The van der Waals surface area contributed by atoms with Crippen molar-refractivity contribution in [2.24, 2.45) is 0 Å². The van der Waals surface area contributed by atoms with Crippen LogP contribution in [0.2, 0.25) is 0 Å². The van der Waals surface area contributed by atoms with Crippen LogP contribution in [0.5, 0.6) is 5.75 Å². The summed E-state index contributed by atoms with van der Waals surface area (Å²) in [5.74, 6) is 2.15. The van der Waals surface area contributed by atoms with Gasteiger partial charge in [-0.05, 0) is 12.1 Å². The summed E-state index contributed by atoms with van der Waals surface area (Å²) in [7, 11) is 1.63. The number of fused-ring (bicyclic) bond motifs is 1. The monoisotopic (exact) mass is 266 g/mol. The molecule has 0 unspecified atom stereocenters. The summed E-state index contributed by atoms with van der Waals surface area (Å²) in [5, 5.41) is 8.53. The molecule has 0 saturated carbocycles. The topological polar surface area (TPSA) is 75.2 Å². The fraction of sp³-hybridized carbons (Fsp3) is 0.333. The van der Waals surface area contributed by atoms with Crippen LogP contribution in [-0.4, -0.2) is 33.9 Å². The molecule has 2 N–H and O–H groups in total. The van der Waals surface area contributed by atoms with E-state index < -0.39 is 5.97 Å². The quantitative estimate of drug-likeness (QED) is 0.784. The molecule has 0 bridgehead atoms. The molecule has 0 radical (unpaired) electrons. The predicted octanol–water partition coefficient (Wildman–Crippen LogP) is 2.28. The van der Waals surface area contributed by atoms with Crippen molar-refractivity contribution in [3.63, 3.8) is 0 Å². The number of carbonyl (C=O) groups is 1. The van der Waals surface area contributed by atoms with Gasteiger partial charge >= 0.3 is 5.97 Å². The van der Waals surface area contributed by atoms with E-state index in [1.807, 2.05) is 18.2 Å². The second-order valence-electron chi connectivity index (χ2n) is 3.76. The second kappa shape index (κ2) is 5.77. The van der Waals surface area contributed by atoms with Crippen LogP contribution in [-0.2, 0) is 10.5 Å². The maximum Gasteiger partial charge on any atom is 0.304 e. The van der Waals surface area contributed by atoms with Gasteiger partial charge in [0.15, 0.2) is 0 Å². The van der Waals surface area contributed by atoms with E-state index in [9.17, 15) is 4.79 Å². The smallest absolute Gasteiger partial charge is 0.304 e. The highest BCUT2D eigenvalue weighted by Gasteiger charge is 2.04. The number of hydrogen-bond acceptors (Lipinski definition) is 4. The number of carboxylic acid groups (broad SMARTS) is 1. The number of hydrogen-bond donors (Lipinski definition) is 2. The van der Waals surface area contributed by atoms with Gasteiger partial charge in [-0.3, -0.25) is 4.79 Å². The largest absolute Gasteiger partial charge is 0.497 e. The molecule has 1 aromatic carbocycles. The average molecular weight is 266 g/mol. The number of aliphatic carboxylic acids is 1. The number of imidazole rings is 1. The van der Waals surface area contributed by atoms with Crippen molar-refractivity contribution in [2.75, 3.05) is 12.9 Å². The SMILES string of the molecule is COc1ccc2nc(CSCCC(=O)O)[nH]c2c1. The molecule has 0 spiro atoms. The van der Waals surface area contributed by atoms with E-state index >= 15 is 0 Å². The predicted molar refractivity (Wildman–Crippen MR) is 71.1 cm³/mol. The maximum absolute atomic E-state index is 10.4. The molecule has 0 aliphatic carbocycles. The molecule has 2 rings (SSSR count). The van der Waals surface area contributed by atoms with E-state index in [1.165, 1.54) is 0 Å². The van der Waals surface area contributed by atoms with Crippen molar-refractivity contribution in [1.29, 1.82) is 0 Å². The zero-order chi connectivity index (χ0) is 13.0. The first kappa shape index (κ1) is 12.8. The van der Waals surface area contributed by atoms with E-state index in [0.717, 1.165) is 22.6 Å². The van der Waals surface area contributed by atoms with Gasteiger partial charge < -0.3 is 14.8 Å². The van der Waals surface area contributed by atoms with Crippen LogP contribution in [0.3, 0.4) is 0 Å². The Labute approximate surface area is 109 Å². The minimum Gasteiger partial charge on any atom is -0.497 e. The van der Waals surface area contributed by atoms with Crippen LogP contribution in [0.25, 0.3) is 11.0 Å². The van der Waals surface area contributed by atoms with Crippen LogP contribution in [0, 0.1) is 0 Å². The molecule has 0 saturated heterocycles. The van der Waals surface area contributed by atoms with Crippen molar-refractivity contribution >= 4 is 28.8 Å². The third-order valence-electron chi connectivity index (χ3n) is 2.44. The van der Waals surface area contributed by atoms with Crippen molar-refractivity contribution in [2.45, 2.75) is 12.2 Å². The second-order valence-corrected chi connectivity index (χ2v) is 4.87. The van der Waals surface area contributed by atoms with Gasteiger partial charge in [-0.2, -0.15) is 11.8 Å². The Bertz CT molecular complexity index is 553. The molecule has 1 aromatic heterocycles. The highest BCUT2D eigenvalue weighted by Crippen LogP contribution is 2.20. The number of rotatable bonds is 6. The number of aromatic amines is 1. The van der Waals surface area contributed by atoms with Crippen LogP contribution in [0.1, 0.15) is 12.2 Å².